The van der Waals surface area contributed by atoms with Gasteiger partial charge in [0.15, 0.2) is 5.75 Å². The molecule has 18 heavy (non-hydrogen) atoms. The molecule has 0 saturated carbocycles. The van der Waals surface area contributed by atoms with E-state index in [4.69, 9.17) is 16.3 Å². The van der Waals surface area contributed by atoms with Crippen LogP contribution in [0.3, 0.4) is 0 Å². The molecule has 0 amide bonds. The van der Waals surface area contributed by atoms with Crippen LogP contribution in [0.15, 0.2) is 41.3 Å². The van der Waals surface area contributed by atoms with Gasteiger partial charge in [-0.1, -0.05) is 18.2 Å². The summed E-state index contributed by atoms with van der Waals surface area (Å²) in [6.07, 6.45) is 1.43. The van der Waals surface area contributed by atoms with E-state index in [1.165, 1.54) is 18.3 Å². The van der Waals surface area contributed by atoms with Gasteiger partial charge in [-0.25, -0.2) is 4.39 Å². The van der Waals surface area contributed by atoms with E-state index in [2.05, 4.69) is 4.98 Å². The highest BCUT2D eigenvalue weighted by molar-refractivity contribution is 6.16. The summed E-state index contributed by atoms with van der Waals surface area (Å²) in [7, 11) is 0. The lowest BCUT2D eigenvalue weighted by Gasteiger charge is -2.06. The maximum Gasteiger partial charge on any atom is 0.223 e. The smallest absolute Gasteiger partial charge is 0.223 e. The third-order valence-electron chi connectivity index (χ3n) is 2.42. The number of aromatic nitrogens is 1. The van der Waals surface area contributed by atoms with Gasteiger partial charge in [0, 0.05) is 23.5 Å². The standard InChI is InChI=1S/C13H11ClFNO2/c14-6-10-5-12(17)13(7-16-10)18-8-9-3-1-2-4-11(9)15/h1-5,7H,6,8H2,(H,16,17). The van der Waals surface area contributed by atoms with Crippen LogP contribution in [0.25, 0.3) is 0 Å². The minimum absolute atomic E-state index is 0.00990. The van der Waals surface area contributed by atoms with Crippen LogP contribution in [0.2, 0.25) is 0 Å². The second kappa shape index (κ2) is 5.69. The quantitative estimate of drug-likeness (QED) is 0.866. The number of benzene rings is 1. The van der Waals surface area contributed by atoms with E-state index < -0.39 is 0 Å². The van der Waals surface area contributed by atoms with Crippen LogP contribution in [0.5, 0.6) is 5.75 Å². The Morgan fingerprint density at radius 1 is 1.33 bits per heavy atom. The fourth-order valence-corrected chi connectivity index (χ4v) is 1.62. The van der Waals surface area contributed by atoms with Gasteiger partial charge in [0.05, 0.1) is 5.88 Å². The maximum atomic E-state index is 13.3. The number of halogens is 2. The average Bonchev–Trinajstić information content (AvgIpc) is 2.39. The van der Waals surface area contributed by atoms with E-state index in [0.717, 1.165) is 0 Å². The van der Waals surface area contributed by atoms with Gasteiger partial charge in [-0.2, -0.15) is 0 Å². The van der Waals surface area contributed by atoms with Crippen LogP contribution in [0.1, 0.15) is 11.3 Å². The molecule has 0 aliphatic heterocycles. The lowest BCUT2D eigenvalue weighted by Crippen LogP contribution is -2.09. The van der Waals surface area contributed by atoms with Crippen LogP contribution in [0.4, 0.5) is 4.39 Å². The van der Waals surface area contributed by atoms with E-state index >= 15 is 0 Å². The van der Waals surface area contributed by atoms with Crippen molar-refractivity contribution in [3.63, 3.8) is 0 Å². The Hall–Kier alpha value is -1.81. The number of alkyl halides is 1. The van der Waals surface area contributed by atoms with Gasteiger partial charge >= 0.3 is 0 Å². The van der Waals surface area contributed by atoms with Crippen LogP contribution in [-0.2, 0) is 12.5 Å². The Morgan fingerprint density at radius 2 is 2.11 bits per heavy atom. The third kappa shape index (κ3) is 2.90. The van der Waals surface area contributed by atoms with Gasteiger partial charge in [-0.3, -0.25) is 4.79 Å². The van der Waals surface area contributed by atoms with E-state index in [9.17, 15) is 9.18 Å². The first-order valence-corrected chi connectivity index (χ1v) is 5.88. The van der Waals surface area contributed by atoms with Crippen molar-refractivity contribution >= 4 is 11.6 Å². The monoisotopic (exact) mass is 267 g/mol. The molecule has 1 N–H and O–H groups in total. The molecular formula is C13H11ClFNO2. The van der Waals surface area contributed by atoms with Gasteiger partial charge in [0.2, 0.25) is 5.43 Å². The normalized spacial score (nSPS) is 10.3. The molecular weight excluding hydrogens is 257 g/mol. The van der Waals surface area contributed by atoms with Crippen molar-refractivity contribution in [1.82, 2.24) is 4.98 Å². The molecule has 1 aromatic carbocycles. The maximum absolute atomic E-state index is 13.3. The molecule has 0 unspecified atom stereocenters. The summed E-state index contributed by atoms with van der Waals surface area (Å²) in [5.41, 5.74) is 0.735. The number of aromatic amines is 1. The fraction of sp³-hybridized carbons (Fsp3) is 0.154. The number of H-pyrrole nitrogens is 1. The number of hydrogen-bond acceptors (Lipinski definition) is 2. The Balaban J connectivity index is 2.11. The van der Waals surface area contributed by atoms with Crippen molar-refractivity contribution in [3.8, 4) is 5.75 Å². The highest BCUT2D eigenvalue weighted by Crippen LogP contribution is 2.10. The predicted molar refractivity (Wildman–Crippen MR) is 67.4 cm³/mol. The first-order valence-electron chi connectivity index (χ1n) is 5.34. The Bertz CT molecular complexity index is 598. The molecule has 1 heterocycles. The molecule has 0 aliphatic carbocycles. The zero-order valence-corrected chi connectivity index (χ0v) is 10.2. The van der Waals surface area contributed by atoms with Gasteiger partial charge in [-0.05, 0) is 6.07 Å². The molecule has 3 nitrogen and oxygen atoms in total. The van der Waals surface area contributed by atoms with Crippen LogP contribution in [0, 0.1) is 5.82 Å². The van der Waals surface area contributed by atoms with E-state index in [-0.39, 0.29) is 29.5 Å². The zero-order valence-electron chi connectivity index (χ0n) is 9.45. The molecule has 1 aromatic heterocycles. The van der Waals surface area contributed by atoms with Crippen molar-refractivity contribution in [1.29, 1.82) is 0 Å². The largest absolute Gasteiger partial charge is 0.483 e. The summed E-state index contributed by atoms with van der Waals surface area (Å²) in [5, 5.41) is 0. The number of rotatable bonds is 4. The summed E-state index contributed by atoms with van der Waals surface area (Å²) in [5.74, 6) is 0.0152. The molecule has 2 rings (SSSR count). The van der Waals surface area contributed by atoms with Gasteiger partial charge in [-0.15, -0.1) is 11.6 Å². The van der Waals surface area contributed by atoms with Crippen LogP contribution in [-0.4, -0.2) is 4.98 Å². The SMILES string of the molecule is O=c1cc(CCl)[nH]cc1OCc1ccccc1F. The van der Waals surface area contributed by atoms with Gasteiger partial charge in [0.25, 0.3) is 0 Å². The zero-order chi connectivity index (χ0) is 13.0. The van der Waals surface area contributed by atoms with E-state index in [0.29, 0.717) is 11.3 Å². The van der Waals surface area contributed by atoms with Crippen molar-refractivity contribution < 1.29 is 9.13 Å². The molecule has 0 bridgehead atoms. The number of ether oxygens (including phenoxy) is 1. The molecule has 0 spiro atoms. The molecule has 0 aliphatic rings. The highest BCUT2D eigenvalue weighted by atomic mass is 35.5. The Kier molecular flexibility index (Phi) is 3.99. The Morgan fingerprint density at radius 3 is 2.78 bits per heavy atom. The molecule has 5 heteroatoms. The minimum atomic E-state index is -0.355. The summed E-state index contributed by atoms with van der Waals surface area (Å²) < 4.78 is 18.6. The summed E-state index contributed by atoms with van der Waals surface area (Å²) in [4.78, 5) is 14.4. The predicted octanol–water partition coefficient (Wildman–Crippen LogP) is 2.83. The second-order valence-electron chi connectivity index (χ2n) is 3.70. The average molecular weight is 268 g/mol. The van der Waals surface area contributed by atoms with Crippen LogP contribution >= 0.6 is 11.6 Å². The number of pyridine rings is 1. The Labute approximate surface area is 108 Å². The van der Waals surface area contributed by atoms with Crippen molar-refractivity contribution in [3.05, 3.63) is 63.8 Å². The summed E-state index contributed by atoms with van der Waals surface area (Å²) >= 11 is 5.58. The first kappa shape index (κ1) is 12.6. The van der Waals surface area contributed by atoms with Crippen molar-refractivity contribution in [2.24, 2.45) is 0 Å². The second-order valence-corrected chi connectivity index (χ2v) is 3.97. The fourth-order valence-electron chi connectivity index (χ4n) is 1.46. The molecule has 0 saturated heterocycles. The number of nitrogens with one attached hydrogen (secondary N) is 1. The summed E-state index contributed by atoms with van der Waals surface area (Å²) in [6.45, 7) is 0.00990. The van der Waals surface area contributed by atoms with Gasteiger partial charge < -0.3 is 9.72 Å². The van der Waals surface area contributed by atoms with Crippen molar-refractivity contribution in [2.45, 2.75) is 12.5 Å². The molecule has 0 atom stereocenters. The first-order chi connectivity index (χ1) is 8.70. The lowest BCUT2D eigenvalue weighted by molar-refractivity contribution is 0.296. The van der Waals surface area contributed by atoms with Crippen LogP contribution < -0.4 is 10.2 Å². The topological polar surface area (TPSA) is 42.1 Å². The summed E-state index contributed by atoms with van der Waals surface area (Å²) in [6, 6.07) is 7.63. The van der Waals surface area contributed by atoms with E-state index in [1.807, 2.05) is 0 Å². The minimum Gasteiger partial charge on any atom is -0.483 e. The van der Waals surface area contributed by atoms with E-state index in [1.54, 1.807) is 18.2 Å². The lowest BCUT2D eigenvalue weighted by atomic mass is 10.2. The highest BCUT2D eigenvalue weighted by Gasteiger charge is 2.05. The van der Waals surface area contributed by atoms with Gasteiger partial charge in [0.1, 0.15) is 12.4 Å². The molecule has 94 valence electrons. The van der Waals surface area contributed by atoms with Crippen molar-refractivity contribution in [2.75, 3.05) is 0 Å². The molecule has 0 radical (unpaired) electrons. The molecule has 0 fully saturated rings. The number of hydrogen-bond donors (Lipinski definition) is 1. The third-order valence-corrected chi connectivity index (χ3v) is 2.71. The molecule has 2 aromatic rings.